The molecule has 0 atom stereocenters. The van der Waals surface area contributed by atoms with Crippen molar-refractivity contribution in [1.82, 2.24) is 9.97 Å². The zero-order valence-corrected chi connectivity index (χ0v) is 6.92. The van der Waals surface area contributed by atoms with E-state index in [2.05, 4.69) is 9.97 Å². The van der Waals surface area contributed by atoms with E-state index in [1.165, 1.54) is 24.7 Å². The Morgan fingerprint density at radius 1 is 1.07 bits per heavy atom. The summed E-state index contributed by atoms with van der Waals surface area (Å²) < 4.78 is 36.7. The molecule has 2 rings (SSSR count). The summed E-state index contributed by atoms with van der Waals surface area (Å²) in [6.45, 7) is 0. The summed E-state index contributed by atoms with van der Waals surface area (Å²) in [5, 5.41) is 1.09. The Morgan fingerprint density at radius 2 is 1.86 bits per heavy atom. The van der Waals surface area contributed by atoms with E-state index < -0.39 is 11.9 Å². The Bertz CT molecular complexity index is 465. The Labute approximate surface area is 77.4 Å². The topological polar surface area (TPSA) is 25.8 Å². The average Bonchev–Trinajstić information content (AvgIpc) is 2.16. The fraction of sp³-hybridized carbons (Fsp3) is 0.111. The molecule has 0 unspecified atom stereocenters. The third kappa shape index (κ3) is 1.53. The van der Waals surface area contributed by atoms with Gasteiger partial charge in [-0.2, -0.15) is 13.2 Å². The first-order chi connectivity index (χ1) is 6.57. The highest BCUT2D eigenvalue weighted by molar-refractivity contribution is 5.80. The normalized spacial score (nSPS) is 11.9. The number of fused-ring (bicyclic) bond motifs is 1. The lowest BCUT2D eigenvalue weighted by atomic mass is 10.2. The van der Waals surface area contributed by atoms with Crippen LogP contribution in [0.1, 0.15) is 5.69 Å². The number of rotatable bonds is 0. The predicted molar refractivity (Wildman–Crippen MR) is 44.5 cm³/mol. The average molecular weight is 198 g/mol. The van der Waals surface area contributed by atoms with Gasteiger partial charge in [-0.25, -0.2) is 0 Å². The molecule has 0 fully saturated rings. The monoisotopic (exact) mass is 198 g/mol. The molecule has 0 spiro atoms. The van der Waals surface area contributed by atoms with Gasteiger partial charge in [0, 0.05) is 24.0 Å². The quantitative estimate of drug-likeness (QED) is 0.650. The van der Waals surface area contributed by atoms with Crippen molar-refractivity contribution in [3.05, 3.63) is 36.4 Å². The van der Waals surface area contributed by atoms with E-state index in [0.29, 0.717) is 10.8 Å². The Hall–Kier alpha value is -1.65. The molecule has 0 aliphatic carbocycles. The molecule has 0 aromatic carbocycles. The van der Waals surface area contributed by atoms with Crippen molar-refractivity contribution >= 4 is 10.8 Å². The van der Waals surface area contributed by atoms with Crippen LogP contribution in [0.5, 0.6) is 0 Å². The zero-order valence-electron chi connectivity index (χ0n) is 6.92. The summed E-state index contributed by atoms with van der Waals surface area (Å²) in [4.78, 5) is 7.10. The number of hydrogen-bond donors (Lipinski definition) is 0. The standard InChI is InChI=1S/C9H5F3N2/c10-9(11,12)8-3-6-1-2-13-4-7(6)5-14-8/h1-5H. The van der Waals surface area contributed by atoms with Crippen LogP contribution in [-0.4, -0.2) is 9.97 Å². The van der Waals surface area contributed by atoms with Gasteiger partial charge in [-0.15, -0.1) is 0 Å². The van der Waals surface area contributed by atoms with Gasteiger partial charge in [-0.3, -0.25) is 9.97 Å². The van der Waals surface area contributed by atoms with Crippen LogP contribution >= 0.6 is 0 Å². The Kier molecular flexibility index (Phi) is 1.87. The molecule has 2 aromatic heterocycles. The summed E-state index contributed by atoms with van der Waals surface area (Å²) in [5.41, 5.74) is -0.879. The molecule has 2 nitrogen and oxygen atoms in total. The highest BCUT2D eigenvalue weighted by Crippen LogP contribution is 2.28. The highest BCUT2D eigenvalue weighted by Gasteiger charge is 2.32. The minimum Gasteiger partial charge on any atom is -0.264 e. The SMILES string of the molecule is FC(F)(F)c1cc2ccncc2cn1. The van der Waals surface area contributed by atoms with Crippen LogP contribution in [0.25, 0.3) is 10.8 Å². The lowest BCUT2D eigenvalue weighted by molar-refractivity contribution is -0.141. The van der Waals surface area contributed by atoms with Gasteiger partial charge in [0.15, 0.2) is 0 Å². The van der Waals surface area contributed by atoms with E-state index in [1.54, 1.807) is 0 Å². The van der Waals surface area contributed by atoms with Crippen molar-refractivity contribution in [3.8, 4) is 0 Å². The van der Waals surface area contributed by atoms with Gasteiger partial charge in [0.1, 0.15) is 5.69 Å². The maximum atomic E-state index is 12.2. The molecule has 0 aliphatic rings. The lowest BCUT2D eigenvalue weighted by Crippen LogP contribution is -2.07. The largest absolute Gasteiger partial charge is 0.433 e. The number of nitrogens with zero attached hydrogens (tertiary/aromatic N) is 2. The van der Waals surface area contributed by atoms with Crippen LogP contribution in [0, 0.1) is 0 Å². The molecule has 0 saturated heterocycles. The van der Waals surface area contributed by atoms with E-state index >= 15 is 0 Å². The first-order valence-electron chi connectivity index (χ1n) is 3.84. The summed E-state index contributed by atoms with van der Waals surface area (Å²) in [6.07, 6.45) is -0.298. The Morgan fingerprint density at radius 3 is 2.57 bits per heavy atom. The highest BCUT2D eigenvalue weighted by atomic mass is 19.4. The maximum absolute atomic E-state index is 12.2. The summed E-state index contributed by atoms with van der Waals surface area (Å²) in [6, 6.07) is 2.53. The molecule has 14 heavy (non-hydrogen) atoms. The van der Waals surface area contributed by atoms with Crippen molar-refractivity contribution < 1.29 is 13.2 Å². The van der Waals surface area contributed by atoms with E-state index in [-0.39, 0.29) is 0 Å². The fourth-order valence-corrected chi connectivity index (χ4v) is 1.14. The molecule has 0 bridgehead atoms. The van der Waals surface area contributed by atoms with E-state index in [9.17, 15) is 13.2 Å². The molecule has 2 heterocycles. The Balaban J connectivity index is 2.63. The van der Waals surface area contributed by atoms with Crippen LogP contribution in [0.2, 0.25) is 0 Å². The van der Waals surface area contributed by atoms with Crippen LogP contribution in [-0.2, 0) is 6.18 Å². The first-order valence-corrected chi connectivity index (χ1v) is 3.84. The molecule has 0 radical (unpaired) electrons. The second-order valence-electron chi connectivity index (χ2n) is 2.79. The number of pyridine rings is 2. The predicted octanol–water partition coefficient (Wildman–Crippen LogP) is 2.65. The third-order valence-electron chi connectivity index (χ3n) is 1.81. The molecule has 72 valence electrons. The number of alkyl halides is 3. The van der Waals surface area contributed by atoms with Gasteiger partial charge < -0.3 is 0 Å². The molecular weight excluding hydrogens is 193 g/mol. The van der Waals surface area contributed by atoms with Crippen LogP contribution in [0.4, 0.5) is 13.2 Å². The zero-order chi connectivity index (χ0) is 10.2. The van der Waals surface area contributed by atoms with Crippen molar-refractivity contribution in [2.45, 2.75) is 6.18 Å². The van der Waals surface area contributed by atoms with Crippen molar-refractivity contribution in [1.29, 1.82) is 0 Å². The molecule has 2 aromatic rings. The van der Waals surface area contributed by atoms with E-state index in [0.717, 1.165) is 6.07 Å². The fourth-order valence-electron chi connectivity index (χ4n) is 1.14. The smallest absolute Gasteiger partial charge is 0.264 e. The summed E-state index contributed by atoms with van der Waals surface area (Å²) in [7, 11) is 0. The van der Waals surface area contributed by atoms with Gasteiger partial charge in [0.2, 0.25) is 0 Å². The van der Waals surface area contributed by atoms with Gasteiger partial charge in [0.25, 0.3) is 0 Å². The molecule has 0 aliphatic heterocycles. The molecular formula is C9H5F3N2. The van der Waals surface area contributed by atoms with Crippen LogP contribution < -0.4 is 0 Å². The van der Waals surface area contributed by atoms with Crippen LogP contribution in [0.15, 0.2) is 30.7 Å². The van der Waals surface area contributed by atoms with E-state index in [4.69, 9.17) is 0 Å². The number of halogens is 3. The minimum absolute atomic E-state index is 0.488. The second-order valence-corrected chi connectivity index (χ2v) is 2.79. The molecule has 0 amide bonds. The van der Waals surface area contributed by atoms with Gasteiger partial charge in [-0.05, 0) is 17.5 Å². The second kappa shape index (κ2) is 2.94. The minimum atomic E-state index is -4.39. The van der Waals surface area contributed by atoms with E-state index in [1.807, 2.05) is 0 Å². The van der Waals surface area contributed by atoms with Crippen molar-refractivity contribution in [3.63, 3.8) is 0 Å². The maximum Gasteiger partial charge on any atom is 0.433 e. The molecule has 0 saturated carbocycles. The first kappa shape index (κ1) is 8.93. The third-order valence-corrected chi connectivity index (χ3v) is 1.81. The molecule has 0 N–H and O–H groups in total. The van der Waals surface area contributed by atoms with Crippen molar-refractivity contribution in [2.24, 2.45) is 0 Å². The molecule has 5 heteroatoms. The van der Waals surface area contributed by atoms with Crippen molar-refractivity contribution in [2.75, 3.05) is 0 Å². The number of hydrogen-bond acceptors (Lipinski definition) is 2. The van der Waals surface area contributed by atoms with Gasteiger partial charge in [0.05, 0.1) is 0 Å². The summed E-state index contributed by atoms with van der Waals surface area (Å²) in [5.74, 6) is 0. The number of aromatic nitrogens is 2. The lowest BCUT2D eigenvalue weighted by Gasteiger charge is -2.05. The van der Waals surface area contributed by atoms with Gasteiger partial charge in [-0.1, -0.05) is 0 Å². The summed E-state index contributed by atoms with van der Waals surface area (Å²) >= 11 is 0. The van der Waals surface area contributed by atoms with Gasteiger partial charge >= 0.3 is 6.18 Å². The van der Waals surface area contributed by atoms with Crippen LogP contribution in [0.3, 0.4) is 0 Å².